The molecule has 0 radical (unpaired) electrons. The van der Waals surface area contributed by atoms with E-state index in [1.165, 1.54) is 0 Å². The number of hydrogen-bond donors (Lipinski definition) is 1. The average Bonchev–Trinajstić information content (AvgIpc) is 3.17. The molecule has 1 aliphatic rings. The molecule has 3 aromatic rings. The van der Waals surface area contributed by atoms with Gasteiger partial charge in [-0.15, -0.1) is 0 Å². The van der Waals surface area contributed by atoms with Crippen LogP contribution in [0.4, 0.5) is 0 Å². The van der Waals surface area contributed by atoms with Crippen molar-refractivity contribution in [3.05, 3.63) is 69.8 Å². The van der Waals surface area contributed by atoms with E-state index in [0.29, 0.717) is 23.1 Å². The fraction of sp³-hybridized carbons (Fsp3) is 0.364. The summed E-state index contributed by atoms with van der Waals surface area (Å²) in [5.41, 5.74) is 3.80. The van der Waals surface area contributed by atoms with Gasteiger partial charge in [0, 0.05) is 48.3 Å². The number of ether oxygens (including phenoxy) is 1. The minimum absolute atomic E-state index is 0.490. The van der Waals surface area contributed by atoms with Gasteiger partial charge in [0.05, 0.1) is 19.8 Å². The van der Waals surface area contributed by atoms with Crippen LogP contribution in [-0.4, -0.2) is 59.3 Å². The minimum atomic E-state index is 0.490. The van der Waals surface area contributed by atoms with E-state index >= 15 is 0 Å². The standard InChI is InChI=1S/C22H25Cl2N5O/c23-19-7-6-18(20(24)14-19)16-29-26-21(22(27-29)17-4-2-1-3-5-17)15-25-8-9-28-10-12-30-13-11-28/h1-7,14,25H,8-13,15-16H2. The highest BCUT2D eigenvalue weighted by Gasteiger charge is 2.15. The second-order valence-corrected chi connectivity index (χ2v) is 8.10. The molecule has 0 spiro atoms. The van der Waals surface area contributed by atoms with Crippen molar-refractivity contribution in [1.29, 1.82) is 0 Å². The Labute approximate surface area is 186 Å². The molecule has 6 nitrogen and oxygen atoms in total. The minimum Gasteiger partial charge on any atom is -0.379 e. The van der Waals surface area contributed by atoms with Gasteiger partial charge in [0.1, 0.15) is 11.4 Å². The highest BCUT2D eigenvalue weighted by Crippen LogP contribution is 2.23. The van der Waals surface area contributed by atoms with Crippen LogP contribution in [0.15, 0.2) is 48.5 Å². The van der Waals surface area contributed by atoms with Gasteiger partial charge in [-0.3, -0.25) is 4.90 Å². The van der Waals surface area contributed by atoms with Crippen LogP contribution in [0.5, 0.6) is 0 Å². The van der Waals surface area contributed by atoms with Gasteiger partial charge in [-0.25, -0.2) is 0 Å². The molecule has 1 aromatic heterocycles. The third-order valence-electron chi connectivity index (χ3n) is 5.10. The van der Waals surface area contributed by atoms with E-state index in [0.717, 1.165) is 61.9 Å². The second kappa shape index (κ2) is 10.4. The Hall–Kier alpha value is -1.96. The SMILES string of the molecule is Clc1ccc(Cn2nc(CNCCN3CCOCC3)c(-c3ccccc3)n2)c(Cl)c1. The lowest BCUT2D eigenvalue weighted by molar-refractivity contribution is 0.0384. The quantitative estimate of drug-likeness (QED) is 0.535. The number of nitrogens with zero attached hydrogens (tertiary/aromatic N) is 4. The van der Waals surface area contributed by atoms with E-state index in [1.54, 1.807) is 10.9 Å². The molecule has 2 aromatic carbocycles. The number of aromatic nitrogens is 3. The van der Waals surface area contributed by atoms with Gasteiger partial charge in [-0.05, 0) is 17.7 Å². The Morgan fingerprint density at radius 1 is 1.00 bits per heavy atom. The van der Waals surface area contributed by atoms with Crippen molar-refractivity contribution in [2.75, 3.05) is 39.4 Å². The molecule has 0 unspecified atom stereocenters. The summed E-state index contributed by atoms with van der Waals surface area (Å²) in [7, 11) is 0. The van der Waals surface area contributed by atoms with Crippen LogP contribution in [0, 0.1) is 0 Å². The maximum absolute atomic E-state index is 6.34. The number of morpholine rings is 1. The first kappa shape index (κ1) is 21.3. The molecule has 2 heterocycles. The van der Waals surface area contributed by atoms with Crippen molar-refractivity contribution in [2.24, 2.45) is 0 Å². The summed E-state index contributed by atoms with van der Waals surface area (Å²) >= 11 is 12.4. The smallest absolute Gasteiger partial charge is 0.117 e. The highest BCUT2D eigenvalue weighted by molar-refractivity contribution is 6.35. The van der Waals surface area contributed by atoms with Crippen LogP contribution in [0.2, 0.25) is 10.0 Å². The predicted octanol–water partition coefficient (Wildman–Crippen LogP) is 3.72. The van der Waals surface area contributed by atoms with Gasteiger partial charge < -0.3 is 10.1 Å². The largest absolute Gasteiger partial charge is 0.379 e. The van der Waals surface area contributed by atoms with Crippen LogP contribution in [0.25, 0.3) is 11.3 Å². The zero-order chi connectivity index (χ0) is 20.8. The second-order valence-electron chi connectivity index (χ2n) is 7.26. The van der Waals surface area contributed by atoms with Crippen molar-refractivity contribution < 1.29 is 4.74 Å². The maximum atomic E-state index is 6.34. The molecule has 30 heavy (non-hydrogen) atoms. The summed E-state index contributed by atoms with van der Waals surface area (Å²) in [6.45, 7) is 6.67. The van der Waals surface area contributed by atoms with Crippen LogP contribution in [0.1, 0.15) is 11.3 Å². The molecule has 8 heteroatoms. The number of benzene rings is 2. The lowest BCUT2D eigenvalue weighted by Crippen LogP contribution is -2.40. The molecular weight excluding hydrogens is 421 g/mol. The molecular formula is C22H25Cl2N5O. The van der Waals surface area contributed by atoms with Gasteiger partial charge in [-0.1, -0.05) is 59.6 Å². The molecule has 0 bridgehead atoms. The molecule has 158 valence electrons. The van der Waals surface area contributed by atoms with Crippen LogP contribution < -0.4 is 5.32 Å². The van der Waals surface area contributed by atoms with E-state index in [9.17, 15) is 0 Å². The molecule has 0 saturated carbocycles. The Kier molecular flexibility index (Phi) is 7.36. The molecule has 1 aliphatic heterocycles. The highest BCUT2D eigenvalue weighted by atomic mass is 35.5. The number of hydrogen-bond acceptors (Lipinski definition) is 5. The Morgan fingerprint density at radius 2 is 1.80 bits per heavy atom. The molecule has 0 aliphatic carbocycles. The lowest BCUT2D eigenvalue weighted by atomic mass is 10.1. The Balaban J connectivity index is 1.46. The third-order valence-corrected chi connectivity index (χ3v) is 5.69. The topological polar surface area (TPSA) is 55.2 Å². The van der Waals surface area contributed by atoms with Gasteiger partial charge in [0.15, 0.2) is 0 Å². The summed E-state index contributed by atoms with van der Waals surface area (Å²) in [6, 6.07) is 15.6. The summed E-state index contributed by atoms with van der Waals surface area (Å²) in [5.74, 6) is 0. The van der Waals surface area contributed by atoms with Crippen LogP contribution >= 0.6 is 23.2 Å². The fourth-order valence-corrected chi connectivity index (χ4v) is 3.93. The van der Waals surface area contributed by atoms with Gasteiger partial charge >= 0.3 is 0 Å². The first-order valence-corrected chi connectivity index (χ1v) is 10.9. The molecule has 1 saturated heterocycles. The van der Waals surface area contributed by atoms with Crippen LogP contribution in [0.3, 0.4) is 0 Å². The van der Waals surface area contributed by atoms with E-state index in [1.807, 2.05) is 30.3 Å². The zero-order valence-electron chi connectivity index (χ0n) is 16.7. The monoisotopic (exact) mass is 445 g/mol. The van der Waals surface area contributed by atoms with E-state index in [-0.39, 0.29) is 0 Å². The van der Waals surface area contributed by atoms with E-state index in [2.05, 4.69) is 22.3 Å². The summed E-state index contributed by atoms with van der Waals surface area (Å²) in [5, 5.41) is 14.3. The maximum Gasteiger partial charge on any atom is 0.117 e. The molecule has 0 atom stereocenters. The first-order chi connectivity index (χ1) is 14.7. The predicted molar refractivity (Wildman–Crippen MR) is 120 cm³/mol. The van der Waals surface area contributed by atoms with Crippen LogP contribution in [-0.2, 0) is 17.8 Å². The van der Waals surface area contributed by atoms with Gasteiger partial charge in [0.2, 0.25) is 0 Å². The van der Waals surface area contributed by atoms with Crippen molar-refractivity contribution in [2.45, 2.75) is 13.1 Å². The molecule has 1 N–H and O–H groups in total. The average molecular weight is 446 g/mol. The van der Waals surface area contributed by atoms with Crippen molar-refractivity contribution in [3.8, 4) is 11.3 Å². The normalized spacial score (nSPS) is 14.9. The molecule has 1 fully saturated rings. The molecule has 0 amide bonds. The summed E-state index contributed by atoms with van der Waals surface area (Å²) in [6.07, 6.45) is 0. The Bertz CT molecular complexity index is 957. The lowest BCUT2D eigenvalue weighted by Gasteiger charge is -2.26. The summed E-state index contributed by atoms with van der Waals surface area (Å²) in [4.78, 5) is 4.12. The van der Waals surface area contributed by atoms with E-state index < -0.39 is 0 Å². The number of rotatable bonds is 8. The van der Waals surface area contributed by atoms with Crippen molar-refractivity contribution in [1.82, 2.24) is 25.2 Å². The van der Waals surface area contributed by atoms with Crippen molar-refractivity contribution in [3.63, 3.8) is 0 Å². The molecule has 4 rings (SSSR count). The fourth-order valence-electron chi connectivity index (χ4n) is 3.46. The van der Waals surface area contributed by atoms with Gasteiger partial charge in [-0.2, -0.15) is 15.0 Å². The summed E-state index contributed by atoms with van der Waals surface area (Å²) < 4.78 is 5.41. The Morgan fingerprint density at radius 3 is 2.57 bits per heavy atom. The van der Waals surface area contributed by atoms with E-state index in [4.69, 9.17) is 38.1 Å². The number of halogens is 2. The van der Waals surface area contributed by atoms with Gasteiger partial charge in [0.25, 0.3) is 0 Å². The zero-order valence-corrected chi connectivity index (χ0v) is 18.2. The third kappa shape index (κ3) is 5.59. The first-order valence-electron chi connectivity index (χ1n) is 10.1. The van der Waals surface area contributed by atoms with Crippen molar-refractivity contribution >= 4 is 23.2 Å². The number of nitrogens with one attached hydrogen (secondary N) is 1.